The first kappa shape index (κ1) is 16.1. The fourth-order valence-corrected chi connectivity index (χ4v) is 2.90. The highest BCUT2D eigenvalue weighted by Gasteiger charge is 2.22. The van der Waals surface area contributed by atoms with E-state index >= 15 is 0 Å². The van der Waals surface area contributed by atoms with E-state index in [2.05, 4.69) is 0 Å². The molecule has 5 nitrogen and oxygen atoms in total. The molecule has 1 saturated heterocycles. The molecule has 1 aliphatic heterocycles. The second kappa shape index (κ2) is 7.17. The standard InChI is InChI=1S/C19H20N2O3/c1-24-18-8-7-16(13-17(18)15-5-3-2-4-6-15)19(23)21-11-9-20(14-22)10-12-21/h2-8,13-14H,9-12H2,1H3. The van der Waals surface area contributed by atoms with Crippen molar-refractivity contribution in [3.05, 3.63) is 54.1 Å². The third-order valence-electron chi connectivity index (χ3n) is 4.28. The number of carbonyl (C=O) groups excluding carboxylic acids is 2. The number of carbonyl (C=O) groups is 2. The normalized spacial score (nSPS) is 14.4. The zero-order valence-corrected chi connectivity index (χ0v) is 13.6. The van der Waals surface area contributed by atoms with Crippen LogP contribution < -0.4 is 4.74 Å². The van der Waals surface area contributed by atoms with E-state index in [1.54, 1.807) is 23.0 Å². The van der Waals surface area contributed by atoms with Crippen LogP contribution in [0.5, 0.6) is 5.75 Å². The fraction of sp³-hybridized carbons (Fsp3) is 0.263. The highest BCUT2D eigenvalue weighted by molar-refractivity contribution is 5.96. The lowest BCUT2D eigenvalue weighted by atomic mass is 10.0. The maximum absolute atomic E-state index is 12.8. The number of nitrogens with zero attached hydrogens (tertiary/aromatic N) is 2. The molecule has 0 aliphatic carbocycles. The lowest BCUT2D eigenvalue weighted by molar-refractivity contribution is -0.119. The van der Waals surface area contributed by atoms with Crippen LogP contribution in [-0.2, 0) is 4.79 Å². The Kier molecular flexibility index (Phi) is 4.79. The van der Waals surface area contributed by atoms with Crippen LogP contribution in [0.1, 0.15) is 10.4 Å². The molecule has 0 spiro atoms. The predicted octanol–water partition coefficient (Wildman–Crippen LogP) is 2.28. The molecule has 0 atom stereocenters. The van der Waals surface area contributed by atoms with Crippen molar-refractivity contribution in [2.75, 3.05) is 33.3 Å². The number of ether oxygens (including phenoxy) is 1. The lowest BCUT2D eigenvalue weighted by Crippen LogP contribution is -2.48. The van der Waals surface area contributed by atoms with Crippen molar-refractivity contribution in [1.29, 1.82) is 0 Å². The lowest BCUT2D eigenvalue weighted by Gasteiger charge is -2.32. The SMILES string of the molecule is COc1ccc(C(=O)N2CCN(C=O)CC2)cc1-c1ccccc1. The van der Waals surface area contributed by atoms with Crippen molar-refractivity contribution >= 4 is 12.3 Å². The first-order valence-electron chi connectivity index (χ1n) is 7.95. The Morgan fingerprint density at radius 3 is 2.38 bits per heavy atom. The number of piperazine rings is 1. The van der Waals surface area contributed by atoms with Gasteiger partial charge >= 0.3 is 0 Å². The van der Waals surface area contributed by atoms with Crippen LogP contribution in [0, 0.1) is 0 Å². The molecule has 3 rings (SSSR count). The van der Waals surface area contributed by atoms with E-state index in [1.165, 1.54) is 0 Å². The average molecular weight is 324 g/mol. The smallest absolute Gasteiger partial charge is 0.254 e. The van der Waals surface area contributed by atoms with Crippen molar-refractivity contribution in [3.8, 4) is 16.9 Å². The second-order valence-corrected chi connectivity index (χ2v) is 5.71. The van der Waals surface area contributed by atoms with Gasteiger partial charge in [-0.2, -0.15) is 0 Å². The van der Waals surface area contributed by atoms with E-state index in [0.29, 0.717) is 31.7 Å². The molecule has 0 bridgehead atoms. The highest BCUT2D eigenvalue weighted by atomic mass is 16.5. The van der Waals surface area contributed by atoms with Crippen molar-refractivity contribution in [2.45, 2.75) is 0 Å². The van der Waals surface area contributed by atoms with E-state index in [-0.39, 0.29) is 5.91 Å². The van der Waals surface area contributed by atoms with Gasteiger partial charge in [0.15, 0.2) is 0 Å². The zero-order chi connectivity index (χ0) is 16.9. The Morgan fingerprint density at radius 1 is 1.04 bits per heavy atom. The summed E-state index contributed by atoms with van der Waals surface area (Å²) in [6.07, 6.45) is 0.836. The molecule has 1 aliphatic rings. The number of methoxy groups -OCH3 is 1. The Hall–Kier alpha value is -2.82. The first-order chi connectivity index (χ1) is 11.7. The van der Waals surface area contributed by atoms with Crippen molar-refractivity contribution in [2.24, 2.45) is 0 Å². The van der Waals surface area contributed by atoms with Gasteiger partial charge in [-0.05, 0) is 23.8 Å². The van der Waals surface area contributed by atoms with E-state index < -0.39 is 0 Å². The van der Waals surface area contributed by atoms with Crippen LogP contribution >= 0.6 is 0 Å². The zero-order valence-electron chi connectivity index (χ0n) is 13.6. The summed E-state index contributed by atoms with van der Waals surface area (Å²) in [6.45, 7) is 2.28. The van der Waals surface area contributed by atoms with Crippen LogP contribution in [-0.4, -0.2) is 55.4 Å². The monoisotopic (exact) mass is 324 g/mol. The Labute approximate surface area is 141 Å². The molecule has 2 aromatic carbocycles. The highest BCUT2D eigenvalue weighted by Crippen LogP contribution is 2.31. The van der Waals surface area contributed by atoms with E-state index in [9.17, 15) is 9.59 Å². The summed E-state index contributed by atoms with van der Waals surface area (Å²) in [4.78, 5) is 27.0. The van der Waals surface area contributed by atoms with Gasteiger partial charge in [0, 0.05) is 37.3 Å². The third-order valence-corrected chi connectivity index (χ3v) is 4.28. The van der Waals surface area contributed by atoms with Gasteiger partial charge < -0.3 is 14.5 Å². The van der Waals surface area contributed by atoms with E-state index in [4.69, 9.17) is 4.74 Å². The topological polar surface area (TPSA) is 49.9 Å². The first-order valence-corrected chi connectivity index (χ1v) is 7.95. The van der Waals surface area contributed by atoms with Gasteiger partial charge in [-0.1, -0.05) is 30.3 Å². The van der Waals surface area contributed by atoms with Crippen molar-refractivity contribution < 1.29 is 14.3 Å². The largest absolute Gasteiger partial charge is 0.496 e. The van der Waals surface area contributed by atoms with E-state index in [0.717, 1.165) is 23.3 Å². The summed E-state index contributed by atoms with van der Waals surface area (Å²) in [5, 5.41) is 0. The molecular formula is C19H20N2O3. The Morgan fingerprint density at radius 2 is 1.75 bits per heavy atom. The molecule has 24 heavy (non-hydrogen) atoms. The predicted molar refractivity (Wildman–Crippen MR) is 92.0 cm³/mol. The van der Waals surface area contributed by atoms with Gasteiger partial charge in [0.1, 0.15) is 5.75 Å². The van der Waals surface area contributed by atoms with Crippen LogP contribution in [0.4, 0.5) is 0 Å². The fourth-order valence-electron chi connectivity index (χ4n) is 2.90. The third kappa shape index (κ3) is 3.25. The molecule has 0 unspecified atom stereocenters. The second-order valence-electron chi connectivity index (χ2n) is 5.71. The number of amides is 2. The minimum atomic E-state index is -0.0135. The quantitative estimate of drug-likeness (QED) is 0.811. The Balaban J connectivity index is 1.86. The van der Waals surface area contributed by atoms with E-state index in [1.807, 2.05) is 42.5 Å². The van der Waals surface area contributed by atoms with Crippen molar-refractivity contribution in [1.82, 2.24) is 9.80 Å². The molecular weight excluding hydrogens is 304 g/mol. The van der Waals surface area contributed by atoms with Crippen LogP contribution in [0.2, 0.25) is 0 Å². The number of hydrogen-bond donors (Lipinski definition) is 0. The molecule has 2 aromatic rings. The summed E-state index contributed by atoms with van der Waals surface area (Å²) >= 11 is 0. The van der Waals surface area contributed by atoms with Gasteiger partial charge in [0.2, 0.25) is 6.41 Å². The van der Waals surface area contributed by atoms with Gasteiger partial charge in [0.05, 0.1) is 7.11 Å². The van der Waals surface area contributed by atoms with Gasteiger partial charge in [-0.3, -0.25) is 9.59 Å². The summed E-state index contributed by atoms with van der Waals surface area (Å²) in [5.41, 5.74) is 2.54. The molecule has 0 saturated carbocycles. The number of benzene rings is 2. The molecule has 0 N–H and O–H groups in total. The average Bonchev–Trinajstić information content (AvgIpc) is 2.67. The maximum Gasteiger partial charge on any atom is 0.254 e. The molecule has 1 heterocycles. The molecule has 0 aromatic heterocycles. The summed E-state index contributed by atoms with van der Waals surface area (Å²) < 4.78 is 5.44. The summed E-state index contributed by atoms with van der Waals surface area (Å²) in [7, 11) is 1.63. The minimum Gasteiger partial charge on any atom is -0.496 e. The molecule has 1 fully saturated rings. The molecule has 0 radical (unpaired) electrons. The summed E-state index contributed by atoms with van der Waals surface area (Å²) in [6, 6.07) is 15.4. The van der Waals surface area contributed by atoms with Gasteiger partial charge in [-0.25, -0.2) is 0 Å². The van der Waals surface area contributed by atoms with Crippen LogP contribution in [0.3, 0.4) is 0 Å². The van der Waals surface area contributed by atoms with Crippen molar-refractivity contribution in [3.63, 3.8) is 0 Å². The summed E-state index contributed by atoms with van der Waals surface area (Å²) in [5.74, 6) is 0.726. The molecule has 124 valence electrons. The van der Waals surface area contributed by atoms with Gasteiger partial charge in [0.25, 0.3) is 5.91 Å². The van der Waals surface area contributed by atoms with Gasteiger partial charge in [-0.15, -0.1) is 0 Å². The molecule has 2 amide bonds. The number of rotatable bonds is 4. The minimum absolute atomic E-state index is 0.0135. The maximum atomic E-state index is 12.8. The molecule has 5 heteroatoms. The number of hydrogen-bond acceptors (Lipinski definition) is 3. The van der Waals surface area contributed by atoms with Crippen LogP contribution in [0.15, 0.2) is 48.5 Å². The van der Waals surface area contributed by atoms with Crippen LogP contribution in [0.25, 0.3) is 11.1 Å². The Bertz CT molecular complexity index is 723.